The quantitative estimate of drug-likeness (QED) is 0.669. The number of hydrogen-bond acceptors (Lipinski definition) is 4. The second-order valence-corrected chi connectivity index (χ2v) is 10.2. The maximum Gasteiger partial charge on any atom is 0.251 e. The second kappa shape index (κ2) is 10.1. The van der Waals surface area contributed by atoms with E-state index in [9.17, 15) is 9.90 Å². The zero-order valence-electron chi connectivity index (χ0n) is 18.3. The lowest BCUT2D eigenvalue weighted by Gasteiger charge is -2.42. The lowest BCUT2D eigenvalue weighted by atomic mass is 9.83. The molecule has 1 saturated heterocycles. The molecule has 0 bridgehead atoms. The Morgan fingerprint density at radius 3 is 2.53 bits per heavy atom. The molecule has 7 heteroatoms. The summed E-state index contributed by atoms with van der Waals surface area (Å²) in [7, 11) is 0. The minimum absolute atomic E-state index is 0.200. The van der Waals surface area contributed by atoms with Crippen LogP contribution in [0, 0.1) is 5.92 Å². The molecule has 2 fully saturated rings. The molecule has 1 heterocycles. The highest BCUT2D eigenvalue weighted by Gasteiger charge is 2.30. The van der Waals surface area contributed by atoms with Gasteiger partial charge in [-0.25, -0.2) is 0 Å². The number of amides is 1. The molecule has 1 atom stereocenters. The Hall–Kier alpha value is -1.01. The van der Waals surface area contributed by atoms with Gasteiger partial charge in [0.05, 0.1) is 15.7 Å². The lowest BCUT2D eigenvalue weighted by Crippen LogP contribution is -2.52. The molecule has 5 nitrogen and oxygen atoms in total. The molecule has 1 amide bonds. The van der Waals surface area contributed by atoms with Crippen LogP contribution in [-0.2, 0) is 4.79 Å². The fraction of sp³-hybridized carbons (Fsp3) is 0.696. The van der Waals surface area contributed by atoms with Gasteiger partial charge in [-0.05, 0) is 77.5 Å². The normalized spacial score (nSPS) is 25.9. The van der Waals surface area contributed by atoms with E-state index < -0.39 is 5.60 Å². The van der Waals surface area contributed by atoms with Crippen molar-refractivity contribution in [3.63, 3.8) is 0 Å². The number of benzene rings is 1. The third kappa shape index (κ3) is 6.03. The molecule has 3 rings (SSSR count). The van der Waals surface area contributed by atoms with Crippen LogP contribution in [0.2, 0.25) is 10.0 Å². The number of halogens is 2. The van der Waals surface area contributed by atoms with E-state index in [0.29, 0.717) is 16.1 Å². The van der Waals surface area contributed by atoms with Gasteiger partial charge in [-0.15, -0.1) is 0 Å². The van der Waals surface area contributed by atoms with Crippen molar-refractivity contribution in [1.29, 1.82) is 0 Å². The van der Waals surface area contributed by atoms with Crippen molar-refractivity contribution in [2.45, 2.75) is 70.6 Å². The van der Waals surface area contributed by atoms with Gasteiger partial charge in [0, 0.05) is 31.7 Å². The number of anilines is 1. The number of rotatable bonds is 6. The molecule has 0 radical (unpaired) electrons. The van der Waals surface area contributed by atoms with Crippen LogP contribution in [-0.4, -0.2) is 59.8 Å². The van der Waals surface area contributed by atoms with Crippen LogP contribution in [0.4, 0.5) is 5.69 Å². The first-order chi connectivity index (χ1) is 14.1. The van der Waals surface area contributed by atoms with E-state index in [-0.39, 0.29) is 11.9 Å². The van der Waals surface area contributed by atoms with Gasteiger partial charge in [0.25, 0.3) is 5.91 Å². The Morgan fingerprint density at radius 1 is 1.20 bits per heavy atom. The maximum atomic E-state index is 12.0. The maximum absolute atomic E-state index is 12.0. The Kier molecular flexibility index (Phi) is 7.94. The monoisotopic (exact) mass is 455 g/mol. The van der Waals surface area contributed by atoms with E-state index in [1.807, 2.05) is 12.1 Å². The minimum Gasteiger partial charge on any atom is -0.381 e. The van der Waals surface area contributed by atoms with E-state index in [4.69, 9.17) is 23.2 Å². The Morgan fingerprint density at radius 2 is 1.90 bits per heavy atom. The van der Waals surface area contributed by atoms with Crippen LogP contribution in [0.25, 0.3) is 0 Å². The number of nitrogens with zero attached hydrogens (tertiary/aromatic N) is 2. The summed E-state index contributed by atoms with van der Waals surface area (Å²) >= 11 is 12.6. The molecule has 1 aliphatic carbocycles. The lowest BCUT2D eigenvalue weighted by molar-refractivity contribution is -0.137. The third-order valence-corrected chi connectivity index (χ3v) is 7.35. The number of aliphatic hydroxyl groups is 1. The molecule has 0 spiro atoms. The van der Waals surface area contributed by atoms with Crippen molar-refractivity contribution in [2.24, 2.45) is 5.92 Å². The zero-order chi connectivity index (χ0) is 21.9. The summed E-state index contributed by atoms with van der Waals surface area (Å²) in [6, 6.07) is 6.44. The highest BCUT2D eigenvalue weighted by Crippen LogP contribution is 2.34. The topological polar surface area (TPSA) is 55.8 Å². The van der Waals surface area contributed by atoms with Crippen molar-refractivity contribution >= 4 is 34.8 Å². The molecular formula is C23H35Cl2N3O2. The number of carbonyl (C=O) groups is 1. The van der Waals surface area contributed by atoms with Crippen LogP contribution in [0.15, 0.2) is 18.2 Å². The first kappa shape index (κ1) is 23.6. The van der Waals surface area contributed by atoms with Gasteiger partial charge in [0.2, 0.25) is 0 Å². The highest BCUT2D eigenvalue weighted by atomic mass is 35.5. The molecule has 1 saturated carbocycles. The Labute approximate surface area is 190 Å². The summed E-state index contributed by atoms with van der Waals surface area (Å²) in [4.78, 5) is 16.9. The number of nitrogens with one attached hydrogen (secondary N) is 1. The standard InChI is InChI=1S/C23H35Cl2N3O2/c1-16-15-27(13-14-28(16)20-6-4-5-19(24)21(20)25)12-11-17-7-9-18(10-8-17)26-22(29)23(2,3)30/h4-6,16-18,30H,7-15H2,1-3H3,(H,26,29)/t16-,17?,18?/m1/s1. The fourth-order valence-electron chi connectivity index (χ4n) is 4.63. The van der Waals surface area contributed by atoms with Gasteiger partial charge in [0.1, 0.15) is 5.60 Å². The first-order valence-electron chi connectivity index (χ1n) is 11.1. The summed E-state index contributed by atoms with van der Waals surface area (Å²) in [5.74, 6) is 0.452. The number of hydrogen-bond donors (Lipinski definition) is 2. The molecule has 30 heavy (non-hydrogen) atoms. The van der Waals surface area contributed by atoms with Crippen LogP contribution in [0.3, 0.4) is 0 Å². The first-order valence-corrected chi connectivity index (χ1v) is 11.9. The van der Waals surface area contributed by atoms with Crippen molar-refractivity contribution < 1.29 is 9.90 Å². The Balaban J connectivity index is 1.41. The molecule has 1 aliphatic heterocycles. The molecule has 0 aromatic heterocycles. The second-order valence-electron chi connectivity index (χ2n) is 9.45. The average molecular weight is 456 g/mol. The van der Waals surface area contributed by atoms with E-state index in [1.54, 1.807) is 0 Å². The molecular weight excluding hydrogens is 421 g/mol. The highest BCUT2D eigenvalue weighted by molar-refractivity contribution is 6.43. The fourth-order valence-corrected chi connectivity index (χ4v) is 5.03. The van der Waals surface area contributed by atoms with Crippen LogP contribution in [0.1, 0.15) is 52.9 Å². The number of carbonyl (C=O) groups excluding carboxylic acids is 1. The molecule has 1 aromatic rings. The predicted octanol–water partition coefficient (Wildman–Crippen LogP) is 4.34. The SMILES string of the molecule is C[C@@H]1CN(CCC2CCC(NC(=O)C(C)(C)O)CC2)CCN1c1cccc(Cl)c1Cl. The molecule has 2 N–H and O–H groups in total. The summed E-state index contributed by atoms with van der Waals surface area (Å²) < 4.78 is 0. The van der Waals surface area contributed by atoms with Crippen molar-refractivity contribution in [3.05, 3.63) is 28.2 Å². The van der Waals surface area contributed by atoms with Gasteiger partial charge in [-0.2, -0.15) is 0 Å². The third-order valence-electron chi connectivity index (χ3n) is 6.54. The summed E-state index contributed by atoms with van der Waals surface area (Å²) in [6.45, 7) is 9.46. The minimum atomic E-state index is -1.30. The summed E-state index contributed by atoms with van der Waals surface area (Å²) in [5.41, 5.74) is -0.270. The molecule has 0 unspecified atom stereocenters. The molecule has 2 aliphatic rings. The van der Waals surface area contributed by atoms with E-state index in [0.717, 1.165) is 63.5 Å². The van der Waals surface area contributed by atoms with E-state index in [1.165, 1.54) is 20.3 Å². The van der Waals surface area contributed by atoms with Crippen molar-refractivity contribution in [3.8, 4) is 0 Å². The average Bonchev–Trinajstić information content (AvgIpc) is 2.69. The Bertz CT molecular complexity index is 730. The van der Waals surface area contributed by atoms with Crippen molar-refractivity contribution in [2.75, 3.05) is 31.1 Å². The van der Waals surface area contributed by atoms with Gasteiger partial charge in [-0.1, -0.05) is 29.3 Å². The molecule has 1 aromatic carbocycles. The smallest absolute Gasteiger partial charge is 0.251 e. The van der Waals surface area contributed by atoms with Gasteiger partial charge >= 0.3 is 0 Å². The summed E-state index contributed by atoms with van der Waals surface area (Å²) in [6.07, 6.45) is 5.50. The van der Waals surface area contributed by atoms with E-state index >= 15 is 0 Å². The van der Waals surface area contributed by atoms with Crippen molar-refractivity contribution in [1.82, 2.24) is 10.2 Å². The van der Waals surface area contributed by atoms with E-state index in [2.05, 4.69) is 28.1 Å². The number of piperazine rings is 1. The predicted molar refractivity (Wildman–Crippen MR) is 125 cm³/mol. The van der Waals surface area contributed by atoms with Crippen LogP contribution < -0.4 is 10.2 Å². The van der Waals surface area contributed by atoms with Crippen LogP contribution in [0.5, 0.6) is 0 Å². The summed E-state index contributed by atoms with van der Waals surface area (Å²) in [5, 5.41) is 14.1. The zero-order valence-corrected chi connectivity index (χ0v) is 19.8. The van der Waals surface area contributed by atoms with Gasteiger partial charge in [0.15, 0.2) is 0 Å². The largest absolute Gasteiger partial charge is 0.381 e. The van der Waals surface area contributed by atoms with Crippen LogP contribution >= 0.6 is 23.2 Å². The molecule has 168 valence electrons. The van der Waals surface area contributed by atoms with Gasteiger partial charge in [-0.3, -0.25) is 9.69 Å². The van der Waals surface area contributed by atoms with Gasteiger partial charge < -0.3 is 15.3 Å².